The van der Waals surface area contributed by atoms with Crippen LogP contribution in [0, 0.1) is 11.6 Å². The second kappa shape index (κ2) is 10.0. The smallest absolute Gasteiger partial charge is 0.255 e. The first-order valence-electron chi connectivity index (χ1n) is 10.5. The van der Waals surface area contributed by atoms with Gasteiger partial charge in [-0.1, -0.05) is 30.3 Å². The first-order valence-corrected chi connectivity index (χ1v) is 10.5. The number of carbonyl (C=O) groups is 1. The number of nitrogens with one attached hydrogen (secondary N) is 2. The van der Waals surface area contributed by atoms with Crippen molar-refractivity contribution in [1.82, 2.24) is 20.3 Å². The van der Waals surface area contributed by atoms with Gasteiger partial charge in [0.1, 0.15) is 11.6 Å². The Labute approximate surface area is 195 Å². The lowest BCUT2D eigenvalue weighted by Crippen LogP contribution is -2.27. The van der Waals surface area contributed by atoms with Gasteiger partial charge >= 0.3 is 0 Å². The number of benzene rings is 2. The Balaban J connectivity index is 1.42. The molecule has 1 amide bonds. The Bertz CT molecular complexity index is 1300. The molecule has 7 nitrogen and oxygen atoms in total. The van der Waals surface area contributed by atoms with Crippen LogP contribution in [0.5, 0.6) is 0 Å². The Morgan fingerprint density at radius 2 is 1.79 bits per heavy atom. The van der Waals surface area contributed by atoms with Gasteiger partial charge in [0.15, 0.2) is 11.6 Å². The van der Waals surface area contributed by atoms with E-state index in [9.17, 15) is 13.6 Å². The van der Waals surface area contributed by atoms with Crippen molar-refractivity contribution in [2.45, 2.75) is 19.5 Å². The number of nitrogens with zero attached hydrogens (tertiary/aromatic N) is 3. The molecule has 0 aliphatic carbocycles. The van der Waals surface area contributed by atoms with Gasteiger partial charge in [-0.2, -0.15) is 0 Å². The minimum absolute atomic E-state index is 0.339. The molecule has 0 saturated carbocycles. The first-order chi connectivity index (χ1) is 16.4. The van der Waals surface area contributed by atoms with E-state index in [1.54, 1.807) is 31.5 Å². The van der Waals surface area contributed by atoms with E-state index in [4.69, 9.17) is 5.73 Å². The van der Waals surface area contributed by atoms with Crippen LogP contribution >= 0.6 is 0 Å². The molecule has 4 aromatic rings. The third kappa shape index (κ3) is 5.32. The molecule has 4 N–H and O–H groups in total. The Morgan fingerprint density at radius 1 is 1.00 bits per heavy atom. The summed E-state index contributed by atoms with van der Waals surface area (Å²) >= 11 is 0. The van der Waals surface area contributed by atoms with E-state index in [2.05, 4.69) is 25.6 Å². The Morgan fingerprint density at radius 3 is 2.50 bits per heavy atom. The molecule has 0 saturated heterocycles. The second-order valence-electron chi connectivity index (χ2n) is 7.65. The second-order valence-corrected chi connectivity index (χ2v) is 7.65. The summed E-state index contributed by atoms with van der Waals surface area (Å²) in [5.74, 6) is -1.51. The van der Waals surface area contributed by atoms with Crippen LogP contribution in [-0.2, 0) is 6.54 Å². The van der Waals surface area contributed by atoms with E-state index in [1.807, 2.05) is 24.3 Å². The van der Waals surface area contributed by atoms with E-state index in [-0.39, 0.29) is 5.91 Å². The van der Waals surface area contributed by atoms with Crippen LogP contribution < -0.4 is 16.4 Å². The normalized spacial score (nSPS) is 11.6. The predicted molar refractivity (Wildman–Crippen MR) is 126 cm³/mol. The number of pyridine rings is 1. The van der Waals surface area contributed by atoms with E-state index in [0.717, 1.165) is 23.3 Å². The van der Waals surface area contributed by atoms with Crippen LogP contribution in [0.3, 0.4) is 0 Å². The van der Waals surface area contributed by atoms with E-state index in [1.165, 1.54) is 12.3 Å². The predicted octanol–water partition coefficient (Wildman–Crippen LogP) is 4.50. The zero-order chi connectivity index (χ0) is 24.1. The summed E-state index contributed by atoms with van der Waals surface area (Å²) in [5, 5.41) is 5.98. The number of hydrogen-bond acceptors (Lipinski definition) is 6. The lowest BCUT2D eigenvalue weighted by Gasteiger charge is -2.16. The summed E-state index contributed by atoms with van der Waals surface area (Å²) in [5.41, 5.74) is 8.96. The molecule has 0 aliphatic rings. The molecule has 1 unspecified atom stereocenters. The molecule has 0 fully saturated rings. The van der Waals surface area contributed by atoms with Gasteiger partial charge in [0.25, 0.3) is 5.91 Å². The quantitative estimate of drug-likeness (QED) is 0.375. The van der Waals surface area contributed by atoms with Crippen LogP contribution in [-0.4, -0.2) is 20.9 Å². The van der Waals surface area contributed by atoms with Crippen LogP contribution in [0.4, 0.5) is 20.4 Å². The maximum absolute atomic E-state index is 13.5. The third-order valence-corrected chi connectivity index (χ3v) is 5.23. The van der Waals surface area contributed by atoms with Gasteiger partial charge < -0.3 is 16.4 Å². The van der Waals surface area contributed by atoms with Crippen molar-refractivity contribution in [3.05, 3.63) is 102 Å². The largest absolute Gasteiger partial charge is 0.382 e. The van der Waals surface area contributed by atoms with Crippen molar-refractivity contribution in [2.24, 2.45) is 0 Å². The number of nitrogens with two attached hydrogens (primary N) is 1. The fourth-order valence-corrected chi connectivity index (χ4v) is 3.34. The number of carbonyl (C=O) groups excluding carboxylic acids is 1. The number of hydrogen-bond donors (Lipinski definition) is 3. The minimum Gasteiger partial charge on any atom is -0.382 e. The molecule has 2 aromatic carbocycles. The zero-order valence-electron chi connectivity index (χ0n) is 18.3. The van der Waals surface area contributed by atoms with Crippen molar-refractivity contribution in [3.8, 4) is 11.3 Å². The van der Waals surface area contributed by atoms with Gasteiger partial charge in [-0.15, -0.1) is 0 Å². The van der Waals surface area contributed by atoms with Crippen LogP contribution in [0.2, 0.25) is 0 Å². The average Bonchev–Trinajstić information content (AvgIpc) is 2.85. The molecule has 0 bridgehead atoms. The summed E-state index contributed by atoms with van der Waals surface area (Å²) in [6.45, 7) is 2.13. The molecular formula is C25H22F2N6O. The molecule has 2 aromatic heterocycles. The molecule has 9 heteroatoms. The van der Waals surface area contributed by atoms with Crippen molar-refractivity contribution < 1.29 is 13.6 Å². The number of nitrogen functional groups attached to an aromatic ring is 1. The number of anilines is 2. The number of amides is 1. The first kappa shape index (κ1) is 22.8. The van der Waals surface area contributed by atoms with Gasteiger partial charge in [-0.05, 0) is 42.3 Å². The minimum atomic E-state index is -0.961. The fraction of sp³-hybridized carbons (Fsp3) is 0.120. The van der Waals surface area contributed by atoms with E-state index < -0.39 is 17.7 Å². The summed E-state index contributed by atoms with van der Waals surface area (Å²) in [7, 11) is 0. The molecule has 0 spiro atoms. The highest BCUT2D eigenvalue weighted by Crippen LogP contribution is 2.20. The summed E-state index contributed by atoms with van der Waals surface area (Å²) in [4.78, 5) is 25.4. The molecule has 2 heterocycles. The highest BCUT2D eigenvalue weighted by atomic mass is 19.2. The van der Waals surface area contributed by atoms with Crippen LogP contribution in [0.15, 0.2) is 73.2 Å². The molecule has 34 heavy (non-hydrogen) atoms. The van der Waals surface area contributed by atoms with Crippen molar-refractivity contribution >= 4 is 17.5 Å². The molecular weight excluding hydrogens is 438 g/mol. The van der Waals surface area contributed by atoms with Crippen LogP contribution in [0.1, 0.15) is 34.5 Å². The molecule has 0 radical (unpaired) electrons. The third-order valence-electron chi connectivity index (χ3n) is 5.23. The highest BCUT2D eigenvalue weighted by Gasteiger charge is 2.17. The van der Waals surface area contributed by atoms with Crippen molar-refractivity contribution in [1.29, 1.82) is 0 Å². The lowest BCUT2D eigenvalue weighted by molar-refractivity contribution is 0.0940. The molecule has 1 atom stereocenters. The van der Waals surface area contributed by atoms with Gasteiger partial charge in [0.05, 0.1) is 29.7 Å². The number of rotatable bonds is 7. The number of aromatic nitrogens is 3. The van der Waals surface area contributed by atoms with E-state index in [0.29, 0.717) is 35.0 Å². The topological polar surface area (TPSA) is 106 Å². The maximum atomic E-state index is 13.5. The van der Waals surface area contributed by atoms with Gasteiger partial charge in [0, 0.05) is 18.3 Å². The number of halogens is 2. The van der Waals surface area contributed by atoms with Gasteiger partial charge in [-0.3, -0.25) is 9.78 Å². The SMILES string of the molecule is CC(NC(=O)c1cccnc1NCc1ccc(-c2cnc(N)cn2)cc1)c1ccc(F)c(F)c1. The Hall–Kier alpha value is -4.40. The summed E-state index contributed by atoms with van der Waals surface area (Å²) < 4.78 is 26.7. The van der Waals surface area contributed by atoms with E-state index >= 15 is 0 Å². The van der Waals surface area contributed by atoms with Gasteiger partial charge in [0.2, 0.25) is 0 Å². The lowest BCUT2D eigenvalue weighted by atomic mass is 10.1. The summed E-state index contributed by atoms with van der Waals surface area (Å²) in [6.07, 6.45) is 4.70. The summed E-state index contributed by atoms with van der Waals surface area (Å²) in [6, 6.07) is 14.0. The van der Waals surface area contributed by atoms with Crippen molar-refractivity contribution in [3.63, 3.8) is 0 Å². The average molecular weight is 460 g/mol. The molecule has 172 valence electrons. The zero-order valence-corrected chi connectivity index (χ0v) is 18.3. The fourth-order valence-electron chi connectivity index (χ4n) is 3.34. The molecule has 4 rings (SSSR count). The highest BCUT2D eigenvalue weighted by molar-refractivity contribution is 5.98. The van der Waals surface area contributed by atoms with Gasteiger partial charge in [-0.25, -0.2) is 18.7 Å². The monoisotopic (exact) mass is 460 g/mol. The standard InChI is InChI=1S/C25H22F2N6O/c1-15(18-8-9-20(26)21(27)11-18)33-25(34)19-3-2-10-29-24(19)32-12-16-4-6-17(7-5-16)22-13-31-23(28)14-30-22/h2-11,13-15H,12H2,1H3,(H2,28,31)(H,29,32)(H,33,34). The molecule has 0 aliphatic heterocycles. The Kier molecular flexibility index (Phi) is 6.72. The van der Waals surface area contributed by atoms with Crippen LogP contribution in [0.25, 0.3) is 11.3 Å². The van der Waals surface area contributed by atoms with Crippen molar-refractivity contribution in [2.75, 3.05) is 11.1 Å². The maximum Gasteiger partial charge on any atom is 0.255 e.